The molecule has 0 aliphatic carbocycles. The summed E-state index contributed by atoms with van der Waals surface area (Å²) in [6.07, 6.45) is -3.41. The molecule has 0 unspecified atom stereocenters. The minimum absolute atomic E-state index is 0.0853. The van der Waals surface area contributed by atoms with Gasteiger partial charge in [0.2, 0.25) is 0 Å². The summed E-state index contributed by atoms with van der Waals surface area (Å²) in [7, 11) is 0. The predicted octanol–water partition coefficient (Wildman–Crippen LogP) is 5.10. The van der Waals surface area contributed by atoms with Gasteiger partial charge in [-0.1, -0.05) is 30.3 Å². The first-order valence-electron chi connectivity index (χ1n) is 8.01. The molecule has 0 atom stereocenters. The van der Waals surface area contributed by atoms with Gasteiger partial charge in [0.05, 0.1) is 17.3 Å². The van der Waals surface area contributed by atoms with Crippen molar-refractivity contribution >= 4 is 5.69 Å². The van der Waals surface area contributed by atoms with E-state index < -0.39 is 23.1 Å². The van der Waals surface area contributed by atoms with Crippen LogP contribution in [0.3, 0.4) is 0 Å². The van der Waals surface area contributed by atoms with E-state index in [4.69, 9.17) is 5.26 Å². The molecule has 0 bridgehead atoms. The molecule has 1 aliphatic rings. The fourth-order valence-corrected chi connectivity index (χ4v) is 3.36. The van der Waals surface area contributed by atoms with Crippen molar-refractivity contribution in [3.8, 4) is 6.07 Å². The molecule has 25 heavy (non-hydrogen) atoms. The quantitative estimate of drug-likeness (QED) is 0.706. The Bertz CT molecular complexity index is 786. The predicted molar refractivity (Wildman–Crippen MR) is 86.7 cm³/mol. The summed E-state index contributed by atoms with van der Waals surface area (Å²) in [6.45, 7) is 0.944. The highest BCUT2D eigenvalue weighted by Crippen LogP contribution is 2.39. The van der Waals surface area contributed by atoms with Crippen LogP contribution in [-0.4, -0.2) is 13.1 Å². The van der Waals surface area contributed by atoms with Gasteiger partial charge < -0.3 is 4.90 Å². The maximum Gasteiger partial charge on any atom is 0.420 e. The molecule has 0 saturated carbocycles. The minimum Gasteiger partial charge on any atom is -0.369 e. The summed E-state index contributed by atoms with van der Waals surface area (Å²) in [4.78, 5) is 1.63. The minimum atomic E-state index is -4.90. The molecule has 2 nitrogen and oxygen atoms in total. The maximum absolute atomic E-state index is 14.5. The fraction of sp³-hybridized carbons (Fsp3) is 0.316. The van der Waals surface area contributed by atoms with Gasteiger partial charge in [-0.25, -0.2) is 4.39 Å². The highest BCUT2D eigenvalue weighted by atomic mass is 19.4. The van der Waals surface area contributed by atoms with E-state index in [0.29, 0.717) is 19.0 Å². The summed E-state index contributed by atoms with van der Waals surface area (Å²) in [5.74, 6) is -1.04. The largest absolute Gasteiger partial charge is 0.420 e. The average molecular weight is 348 g/mol. The van der Waals surface area contributed by atoms with Crippen molar-refractivity contribution in [2.45, 2.75) is 24.9 Å². The molecule has 6 heteroatoms. The summed E-state index contributed by atoms with van der Waals surface area (Å²) >= 11 is 0. The highest BCUT2D eigenvalue weighted by molar-refractivity contribution is 5.56. The fourth-order valence-electron chi connectivity index (χ4n) is 3.36. The van der Waals surface area contributed by atoms with Crippen molar-refractivity contribution in [2.24, 2.45) is 0 Å². The number of alkyl halides is 3. The zero-order valence-corrected chi connectivity index (χ0v) is 13.4. The second-order valence-electron chi connectivity index (χ2n) is 6.10. The SMILES string of the molecule is N#Cc1ccc(N2CCC(c3ccccc3)CC2)c(F)c1C(F)(F)F. The highest BCUT2D eigenvalue weighted by Gasteiger charge is 2.39. The summed E-state index contributed by atoms with van der Waals surface area (Å²) in [6, 6.07) is 13.6. The van der Waals surface area contributed by atoms with Gasteiger partial charge in [0.25, 0.3) is 0 Å². The Balaban J connectivity index is 1.84. The Labute approximate surface area is 143 Å². The molecular formula is C19H16F4N2. The molecule has 1 aliphatic heterocycles. The van der Waals surface area contributed by atoms with E-state index in [1.54, 1.807) is 4.90 Å². The molecule has 0 aromatic heterocycles. The van der Waals surface area contributed by atoms with Crippen LogP contribution in [-0.2, 0) is 6.18 Å². The molecule has 130 valence electrons. The van der Waals surface area contributed by atoms with Gasteiger partial charge in [0, 0.05) is 13.1 Å². The van der Waals surface area contributed by atoms with E-state index in [9.17, 15) is 17.6 Å². The lowest BCUT2D eigenvalue weighted by Crippen LogP contribution is -2.34. The van der Waals surface area contributed by atoms with Gasteiger partial charge in [0.15, 0.2) is 5.82 Å². The van der Waals surface area contributed by atoms with Gasteiger partial charge in [0.1, 0.15) is 5.56 Å². The second kappa shape index (κ2) is 6.75. The van der Waals surface area contributed by atoms with Crippen LogP contribution in [0.4, 0.5) is 23.2 Å². The summed E-state index contributed by atoms with van der Waals surface area (Å²) in [5.41, 5.74) is -1.05. The number of piperidine rings is 1. The number of halogens is 4. The van der Waals surface area contributed by atoms with Crippen LogP contribution in [0.1, 0.15) is 35.4 Å². The monoisotopic (exact) mass is 348 g/mol. The van der Waals surface area contributed by atoms with Crippen molar-refractivity contribution in [2.75, 3.05) is 18.0 Å². The van der Waals surface area contributed by atoms with Gasteiger partial charge in [-0.05, 0) is 36.5 Å². The first-order chi connectivity index (χ1) is 11.9. The first kappa shape index (κ1) is 17.3. The van der Waals surface area contributed by atoms with Gasteiger partial charge in [-0.3, -0.25) is 0 Å². The Morgan fingerprint density at radius 1 is 1.00 bits per heavy atom. The van der Waals surface area contributed by atoms with Crippen LogP contribution < -0.4 is 4.90 Å². The molecule has 0 N–H and O–H groups in total. The van der Waals surface area contributed by atoms with Crippen LogP contribution >= 0.6 is 0 Å². The molecule has 1 fully saturated rings. The molecule has 3 rings (SSSR count). The van der Waals surface area contributed by atoms with Crippen molar-refractivity contribution < 1.29 is 17.6 Å². The number of rotatable bonds is 2. The van der Waals surface area contributed by atoms with E-state index in [1.807, 2.05) is 30.3 Å². The van der Waals surface area contributed by atoms with Crippen molar-refractivity contribution in [3.63, 3.8) is 0 Å². The lowest BCUT2D eigenvalue weighted by Gasteiger charge is -2.34. The lowest BCUT2D eigenvalue weighted by molar-refractivity contribution is -0.140. The number of anilines is 1. The van der Waals surface area contributed by atoms with Crippen molar-refractivity contribution in [1.82, 2.24) is 0 Å². The smallest absolute Gasteiger partial charge is 0.369 e. The van der Waals surface area contributed by atoms with Gasteiger partial charge in [-0.2, -0.15) is 18.4 Å². The third-order valence-corrected chi connectivity index (χ3v) is 4.63. The third kappa shape index (κ3) is 3.46. The molecule has 0 amide bonds. The number of nitrogens with zero attached hydrogens (tertiary/aromatic N) is 2. The zero-order chi connectivity index (χ0) is 18.0. The van der Waals surface area contributed by atoms with E-state index in [0.717, 1.165) is 18.9 Å². The summed E-state index contributed by atoms with van der Waals surface area (Å²) in [5, 5.41) is 8.84. The zero-order valence-electron chi connectivity index (χ0n) is 13.4. The molecule has 1 heterocycles. The van der Waals surface area contributed by atoms with Crippen molar-refractivity contribution in [1.29, 1.82) is 5.26 Å². The van der Waals surface area contributed by atoms with E-state index in [1.165, 1.54) is 17.7 Å². The molecular weight excluding hydrogens is 332 g/mol. The molecule has 2 aromatic rings. The number of hydrogen-bond donors (Lipinski definition) is 0. The van der Waals surface area contributed by atoms with E-state index >= 15 is 0 Å². The average Bonchev–Trinajstić information content (AvgIpc) is 2.61. The molecule has 0 spiro atoms. The number of benzene rings is 2. The Kier molecular flexibility index (Phi) is 4.67. The maximum atomic E-state index is 14.5. The van der Waals surface area contributed by atoms with E-state index in [-0.39, 0.29) is 5.69 Å². The third-order valence-electron chi connectivity index (χ3n) is 4.63. The molecule has 1 saturated heterocycles. The van der Waals surface area contributed by atoms with Crippen LogP contribution in [0.2, 0.25) is 0 Å². The van der Waals surface area contributed by atoms with Crippen LogP contribution in [0.5, 0.6) is 0 Å². The first-order valence-corrected chi connectivity index (χ1v) is 8.01. The second-order valence-corrected chi connectivity index (χ2v) is 6.10. The van der Waals surface area contributed by atoms with Gasteiger partial charge in [-0.15, -0.1) is 0 Å². The molecule has 0 radical (unpaired) electrons. The normalized spacial score (nSPS) is 15.9. The van der Waals surface area contributed by atoms with Crippen LogP contribution in [0, 0.1) is 17.1 Å². The Morgan fingerprint density at radius 2 is 1.64 bits per heavy atom. The number of nitriles is 1. The lowest BCUT2D eigenvalue weighted by atomic mass is 9.89. The Morgan fingerprint density at radius 3 is 2.20 bits per heavy atom. The molecule has 2 aromatic carbocycles. The standard InChI is InChI=1S/C19H16F4N2/c20-18-16(7-6-15(12-24)17(18)19(21,22)23)25-10-8-14(9-11-25)13-4-2-1-3-5-13/h1-7,14H,8-11H2. The number of hydrogen-bond acceptors (Lipinski definition) is 2. The van der Waals surface area contributed by atoms with E-state index in [2.05, 4.69) is 0 Å². The Hall–Kier alpha value is -2.55. The summed E-state index contributed by atoms with van der Waals surface area (Å²) < 4.78 is 53.9. The van der Waals surface area contributed by atoms with Crippen molar-refractivity contribution in [3.05, 3.63) is 65.0 Å². The topological polar surface area (TPSA) is 27.0 Å². The van der Waals surface area contributed by atoms with Crippen LogP contribution in [0.15, 0.2) is 42.5 Å². The van der Waals surface area contributed by atoms with Gasteiger partial charge >= 0.3 is 6.18 Å². The van der Waals surface area contributed by atoms with Crippen LogP contribution in [0.25, 0.3) is 0 Å².